The molecule has 0 atom stereocenters. The van der Waals surface area contributed by atoms with Crippen molar-refractivity contribution in [3.63, 3.8) is 0 Å². The summed E-state index contributed by atoms with van der Waals surface area (Å²) in [4.78, 5) is 4.52. The maximum atomic E-state index is 9.35. The molecule has 1 rings (SSSR count). The van der Waals surface area contributed by atoms with Gasteiger partial charge in [-0.1, -0.05) is 96.8 Å². The lowest BCUT2D eigenvalue weighted by molar-refractivity contribution is -0.789. The third-order valence-electron chi connectivity index (χ3n) is 6.09. The van der Waals surface area contributed by atoms with Crippen molar-refractivity contribution in [2.45, 2.75) is 110 Å². The first-order valence-electron chi connectivity index (χ1n) is 12.1. The van der Waals surface area contributed by atoms with Gasteiger partial charge >= 0.3 is 0 Å². The molecule has 0 bridgehead atoms. The Bertz CT molecular complexity index is 415. The van der Waals surface area contributed by atoms with Crippen molar-refractivity contribution in [1.82, 2.24) is 0 Å². The van der Waals surface area contributed by atoms with Gasteiger partial charge in [-0.25, -0.2) is 9.48 Å². The van der Waals surface area contributed by atoms with Crippen molar-refractivity contribution in [2.75, 3.05) is 26.3 Å². The third kappa shape index (κ3) is 10.7. The minimum atomic E-state index is 0.127. The van der Waals surface area contributed by atoms with Crippen LogP contribution in [0, 0.1) is 0 Å². The smallest absolute Gasteiger partial charge is 0.207 e. The summed E-state index contributed by atoms with van der Waals surface area (Å²) in [5.74, 6) is 1.11. The maximum absolute atomic E-state index is 9.35. The molecule has 0 unspecified atom stereocenters. The number of nitrogens with zero attached hydrogens (tertiary/aromatic N) is 2. The van der Waals surface area contributed by atoms with Crippen LogP contribution >= 0.6 is 0 Å². The molecule has 164 valence electrons. The van der Waals surface area contributed by atoms with Crippen molar-refractivity contribution >= 4 is 5.84 Å². The van der Waals surface area contributed by atoms with E-state index < -0.39 is 0 Å². The maximum Gasteiger partial charge on any atom is 0.207 e. The Morgan fingerprint density at radius 3 is 1.54 bits per heavy atom. The van der Waals surface area contributed by atoms with Crippen molar-refractivity contribution in [1.29, 1.82) is 0 Å². The SMILES string of the molecule is CCCCCCCCCCCCCCCCCC1=NC=C[N+]1(CCO)CCO. The lowest BCUT2D eigenvalue weighted by atomic mass is 10.0. The summed E-state index contributed by atoms with van der Waals surface area (Å²) < 4.78 is 0.547. The minimum absolute atomic E-state index is 0.127. The van der Waals surface area contributed by atoms with Gasteiger partial charge in [0.25, 0.3) is 0 Å². The van der Waals surface area contributed by atoms with Crippen LogP contribution in [0.3, 0.4) is 0 Å². The first-order valence-corrected chi connectivity index (χ1v) is 12.1. The van der Waals surface area contributed by atoms with Crippen LogP contribution in [0.25, 0.3) is 0 Å². The van der Waals surface area contributed by atoms with Gasteiger partial charge in [-0.15, -0.1) is 0 Å². The summed E-state index contributed by atoms with van der Waals surface area (Å²) in [6.45, 7) is 3.78. The lowest BCUT2D eigenvalue weighted by Crippen LogP contribution is -2.50. The second-order valence-corrected chi connectivity index (χ2v) is 8.47. The van der Waals surface area contributed by atoms with Crippen molar-refractivity contribution in [3.05, 3.63) is 12.4 Å². The Hall–Kier alpha value is -0.710. The van der Waals surface area contributed by atoms with E-state index in [1.165, 1.54) is 89.9 Å². The molecule has 0 aromatic carbocycles. The zero-order valence-corrected chi connectivity index (χ0v) is 18.6. The fraction of sp³-hybridized carbons (Fsp3) is 0.875. The highest BCUT2D eigenvalue weighted by atomic mass is 16.3. The van der Waals surface area contributed by atoms with Crippen LogP contribution in [0.5, 0.6) is 0 Å². The summed E-state index contributed by atoms with van der Waals surface area (Å²) in [7, 11) is 0. The van der Waals surface area contributed by atoms with Gasteiger partial charge in [0, 0.05) is 6.42 Å². The van der Waals surface area contributed by atoms with Gasteiger partial charge in [-0.3, -0.25) is 0 Å². The molecule has 1 aliphatic rings. The average Bonchev–Trinajstić information content (AvgIpc) is 3.07. The van der Waals surface area contributed by atoms with Gasteiger partial charge in [-0.05, 0) is 6.42 Å². The van der Waals surface area contributed by atoms with E-state index >= 15 is 0 Å². The molecule has 2 N–H and O–H groups in total. The molecule has 1 aliphatic heterocycles. The highest BCUT2D eigenvalue weighted by Crippen LogP contribution is 2.21. The third-order valence-corrected chi connectivity index (χ3v) is 6.09. The second-order valence-electron chi connectivity index (χ2n) is 8.47. The lowest BCUT2D eigenvalue weighted by Gasteiger charge is -2.31. The van der Waals surface area contributed by atoms with E-state index in [4.69, 9.17) is 0 Å². The Morgan fingerprint density at radius 2 is 1.11 bits per heavy atom. The summed E-state index contributed by atoms with van der Waals surface area (Å²) in [5.41, 5.74) is 0. The standard InChI is InChI=1S/C24H47N2O2/c1-2-3-4-5-6-7-8-9-10-11-12-13-14-15-16-17-24-25-18-19-26(24,20-22-27)21-23-28/h18-19,27-28H,2-17,20-23H2,1H3/q+1. The van der Waals surface area contributed by atoms with Gasteiger partial charge in [0.2, 0.25) is 5.84 Å². The fourth-order valence-electron chi connectivity index (χ4n) is 4.27. The zero-order chi connectivity index (χ0) is 20.3. The number of amidine groups is 1. The van der Waals surface area contributed by atoms with Crippen LogP contribution < -0.4 is 0 Å². The molecule has 0 radical (unpaired) electrons. The molecule has 4 heteroatoms. The number of hydrogen-bond donors (Lipinski definition) is 2. The normalized spacial score (nSPS) is 15.3. The first-order chi connectivity index (χ1) is 13.8. The van der Waals surface area contributed by atoms with Gasteiger partial charge in [0.05, 0.1) is 19.4 Å². The summed E-state index contributed by atoms with van der Waals surface area (Å²) in [6, 6.07) is 0. The van der Waals surface area contributed by atoms with E-state index in [9.17, 15) is 10.2 Å². The Balaban J connectivity index is 1.93. The number of unbranched alkanes of at least 4 members (excludes halogenated alkanes) is 14. The van der Waals surface area contributed by atoms with Crippen LogP contribution in [0.4, 0.5) is 0 Å². The molecule has 0 spiro atoms. The highest BCUT2D eigenvalue weighted by Gasteiger charge is 2.33. The topological polar surface area (TPSA) is 52.8 Å². The van der Waals surface area contributed by atoms with E-state index in [2.05, 4.69) is 11.9 Å². The molecular formula is C24H47N2O2+. The summed E-state index contributed by atoms with van der Waals surface area (Å²) in [5, 5.41) is 18.7. The van der Waals surface area contributed by atoms with Gasteiger partial charge in [0.1, 0.15) is 19.3 Å². The Labute approximate surface area is 174 Å². The number of hydrogen-bond acceptors (Lipinski definition) is 3. The van der Waals surface area contributed by atoms with Crippen molar-refractivity contribution < 1.29 is 14.7 Å². The van der Waals surface area contributed by atoms with E-state index in [-0.39, 0.29) is 13.2 Å². The van der Waals surface area contributed by atoms with Crippen molar-refractivity contribution in [2.24, 2.45) is 4.99 Å². The summed E-state index contributed by atoms with van der Waals surface area (Å²) in [6.07, 6.45) is 25.5. The molecule has 4 nitrogen and oxygen atoms in total. The molecule has 0 aliphatic carbocycles. The molecule has 0 aromatic heterocycles. The number of rotatable bonds is 20. The van der Waals surface area contributed by atoms with E-state index in [0.717, 1.165) is 18.7 Å². The monoisotopic (exact) mass is 395 g/mol. The zero-order valence-electron chi connectivity index (χ0n) is 18.6. The first kappa shape index (κ1) is 25.3. The minimum Gasteiger partial charge on any atom is -0.390 e. The molecule has 0 saturated carbocycles. The largest absolute Gasteiger partial charge is 0.390 e. The second kappa shape index (κ2) is 17.2. The van der Waals surface area contributed by atoms with Gasteiger partial charge in [-0.2, -0.15) is 0 Å². The fourth-order valence-corrected chi connectivity index (χ4v) is 4.27. The predicted molar refractivity (Wildman–Crippen MR) is 120 cm³/mol. The van der Waals surface area contributed by atoms with Crippen LogP contribution in [0.2, 0.25) is 0 Å². The molecule has 1 heterocycles. The van der Waals surface area contributed by atoms with Crippen LogP contribution in [-0.4, -0.2) is 46.8 Å². The highest BCUT2D eigenvalue weighted by molar-refractivity contribution is 5.78. The molecule has 0 fully saturated rings. The van der Waals surface area contributed by atoms with E-state index in [1.54, 1.807) is 0 Å². The molecule has 0 saturated heterocycles. The van der Waals surface area contributed by atoms with Gasteiger partial charge < -0.3 is 10.2 Å². The van der Waals surface area contributed by atoms with E-state index in [1.807, 2.05) is 12.4 Å². The Morgan fingerprint density at radius 1 is 0.679 bits per heavy atom. The number of aliphatic hydroxyl groups excluding tert-OH is 2. The molecule has 0 aromatic rings. The summed E-state index contributed by atoms with van der Waals surface area (Å²) >= 11 is 0. The van der Waals surface area contributed by atoms with Crippen LogP contribution in [0.15, 0.2) is 17.4 Å². The number of aliphatic hydroxyl groups is 2. The van der Waals surface area contributed by atoms with Gasteiger partial charge in [0.15, 0.2) is 0 Å². The number of quaternary nitrogens is 1. The predicted octanol–water partition coefficient (Wildman–Crippen LogP) is 5.93. The number of aliphatic imine (C=N–C) groups is 1. The Kier molecular flexibility index (Phi) is 15.5. The van der Waals surface area contributed by atoms with E-state index in [0.29, 0.717) is 17.6 Å². The quantitative estimate of drug-likeness (QED) is 0.198. The molecule has 0 amide bonds. The average molecular weight is 396 g/mol. The van der Waals surface area contributed by atoms with Crippen molar-refractivity contribution in [3.8, 4) is 0 Å². The molecular weight excluding hydrogens is 348 g/mol. The van der Waals surface area contributed by atoms with Crippen LogP contribution in [0.1, 0.15) is 110 Å². The van der Waals surface area contributed by atoms with Crippen LogP contribution in [-0.2, 0) is 0 Å². The molecule has 28 heavy (non-hydrogen) atoms.